The molecule has 2 aromatic rings. The molecule has 0 spiro atoms. The molecule has 1 heterocycles. The van der Waals surface area contributed by atoms with Crippen LogP contribution in [0.3, 0.4) is 0 Å². The maximum Gasteiger partial charge on any atom is 0.109 e. The standard InChI is InChI=1S/C24H38N2S2/c1-5-9-13-18-19(14-10-6-2)21(24(27)25-16-12-8-4)22-23(28-17-26-22)20(18)15-11-7-3/h17H,5-16H2,1-4H3,(H,25,27). The van der Waals surface area contributed by atoms with Gasteiger partial charge in [-0.05, 0) is 61.6 Å². The number of rotatable bonds is 13. The highest BCUT2D eigenvalue weighted by molar-refractivity contribution is 7.80. The molecule has 2 nitrogen and oxygen atoms in total. The summed E-state index contributed by atoms with van der Waals surface area (Å²) in [5, 5.41) is 3.54. The number of nitrogens with one attached hydrogen (secondary N) is 1. The van der Waals surface area contributed by atoms with E-state index in [1.165, 1.54) is 73.6 Å². The lowest BCUT2D eigenvalue weighted by Crippen LogP contribution is -2.26. The van der Waals surface area contributed by atoms with E-state index >= 15 is 0 Å². The lowest BCUT2D eigenvalue weighted by molar-refractivity contribution is 0.736. The number of hydrogen-bond acceptors (Lipinski definition) is 3. The Labute approximate surface area is 181 Å². The summed E-state index contributed by atoms with van der Waals surface area (Å²) in [6.07, 6.45) is 13.2. The smallest absolute Gasteiger partial charge is 0.109 e. The zero-order chi connectivity index (χ0) is 20.4. The summed E-state index contributed by atoms with van der Waals surface area (Å²) in [5.74, 6) is 0. The summed E-state index contributed by atoms with van der Waals surface area (Å²) >= 11 is 7.73. The highest BCUT2D eigenvalue weighted by Crippen LogP contribution is 2.36. The van der Waals surface area contributed by atoms with Gasteiger partial charge in [0.1, 0.15) is 4.99 Å². The largest absolute Gasteiger partial charge is 0.376 e. The predicted molar refractivity (Wildman–Crippen MR) is 130 cm³/mol. The Kier molecular flexibility index (Phi) is 10.4. The number of benzene rings is 1. The predicted octanol–water partition coefficient (Wildman–Crippen LogP) is 7.39. The van der Waals surface area contributed by atoms with Crippen LogP contribution in [0.2, 0.25) is 0 Å². The number of aryl methyl sites for hydroxylation is 1. The van der Waals surface area contributed by atoms with Crippen LogP contribution in [0.1, 0.15) is 101 Å². The Morgan fingerprint density at radius 3 is 2.04 bits per heavy atom. The van der Waals surface area contributed by atoms with Gasteiger partial charge in [-0.3, -0.25) is 0 Å². The van der Waals surface area contributed by atoms with Crippen LogP contribution < -0.4 is 5.32 Å². The van der Waals surface area contributed by atoms with Crippen molar-refractivity contribution in [1.29, 1.82) is 0 Å². The molecule has 0 aliphatic heterocycles. The van der Waals surface area contributed by atoms with E-state index in [1.807, 2.05) is 5.51 Å². The van der Waals surface area contributed by atoms with Crippen molar-refractivity contribution in [3.05, 3.63) is 27.8 Å². The summed E-state index contributed by atoms with van der Waals surface area (Å²) in [7, 11) is 0. The van der Waals surface area contributed by atoms with Crippen molar-refractivity contribution >= 4 is 38.8 Å². The van der Waals surface area contributed by atoms with Crippen molar-refractivity contribution in [2.75, 3.05) is 6.54 Å². The topological polar surface area (TPSA) is 24.9 Å². The molecule has 0 saturated carbocycles. The van der Waals surface area contributed by atoms with E-state index in [9.17, 15) is 0 Å². The summed E-state index contributed by atoms with van der Waals surface area (Å²) in [6.45, 7) is 10.0. The Hall–Kier alpha value is -1.00. The molecule has 0 amide bonds. The van der Waals surface area contributed by atoms with Crippen LogP contribution in [-0.4, -0.2) is 16.5 Å². The minimum Gasteiger partial charge on any atom is -0.376 e. The molecule has 0 saturated heterocycles. The molecule has 156 valence electrons. The Morgan fingerprint density at radius 2 is 1.43 bits per heavy atom. The van der Waals surface area contributed by atoms with Crippen LogP contribution in [0, 0.1) is 0 Å². The molecule has 2 rings (SSSR count). The van der Waals surface area contributed by atoms with Gasteiger partial charge in [0.25, 0.3) is 0 Å². The van der Waals surface area contributed by atoms with E-state index in [-0.39, 0.29) is 0 Å². The first-order chi connectivity index (χ1) is 13.7. The summed E-state index contributed by atoms with van der Waals surface area (Å²) in [4.78, 5) is 5.73. The van der Waals surface area contributed by atoms with Gasteiger partial charge in [0.2, 0.25) is 0 Å². The van der Waals surface area contributed by atoms with Crippen molar-refractivity contribution in [1.82, 2.24) is 10.3 Å². The molecular formula is C24H38N2S2. The van der Waals surface area contributed by atoms with Crippen LogP contribution in [0.15, 0.2) is 5.51 Å². The second-order valence-electron chi connectivity index (χ2n) is 7.76. The van der Waals surface area contributed by atoms with Crippen LogP contribution >= 0.6 is 23.6 Å². The van der Waals surface area contributed by atoms with Crippen LogP contribution in [0.25, 0.3) is 10.2 Å². The maximum atomic E-state index is 5.92. The number of unbranched alkanes of at least 4 members (excludes halogenated alkanes) is 4. The van der Waals surface area contributed by atoms with Gasteiger partial charge in [-0.25, -0.2) is 4.98 Å². The number of thiocarbonyl (C=S) groups is 1. The molecule has 0 aliphatic rings. The first kappa shape index (κ1) is 23.3. The van der Waals surface area contributed by atoms with Crippen molar-refractivity contribution in [2.24, 2.45) is 0 Å². The van der Waals surface area contributed by atoms with Gasteiger partial charge in [-0.15, -0.1) is 11.3 Å². The molecule has 1 aromatic carbocycles. The van der Waals surface area contributed by atoms with Gasteiger partial charge >= 0.3 is 0 Å². The van der Waals surface area contributed by atoms with Crippen molar-refractivity contribution in [3.8, 4) is 0 Å². The normalized spacial score (nSPS) is 11.3. The van der Waals surface area contributed by atoms with E-state index in [0.29, 0.717) is 0 Å². The van der Waals surface area contributed by atoms with E-state index in [1.54, 1.807) is 22.5 Å². The highest BCUT2D eigenvalue weighted by Gasteiger charge is 2.22. The molecule has 0 radical (unpaired) electrons. The molecule has 0 fully saturated rings. The van der Waals surface area contributed by atoms with Crippen LogP contribution in [0.4, 0.5) is 0 Å². The van der Waals surface area contributed by atoms with Crippen molar-refractivity contribution in [2.45, 2.75) is 98.3 Å². The first-order valence-electron chi connectivity index (χ1n) is 11.4. The van der Waals surface area contributed by atoms with Gasteiger partial charge in [0.15, 0.2) is 0 Å². The highest BCUT2D eigenvalue weighted by atomic mass is 32.1. The van der Waals surface area contributed by atoms with Gasteiger partial charge in [-0.1, -0.05) is 65.6 Å². The Bertz CT molecular complexity index is 749. The monoisotopic (exact) mass is 418 g/mol. The summed E-state index contributed by atoms with van der Waals surface area (Å²) < 4.78 is 1.38. The molecular weight excluding hydrogens is 380 g/mol. The third kappa shape index (κ3) is 5.76. The lowest BCUT2D eigenvalue weighted by atomic mass is 9.86. The van der Waals surface area contributed by atoms with Gasteiger partial charge in [-0.2, -0.15) is 0 Å². The minimum atomic E-state index is 0.912. The van der Waals surface area contributed by atoms with Crippen LogP contribution in [-0.2, 0) is 19.3 Å². The number of aromatic nitrogens is 1. The summed E-state index contributed by atoms with van der Waals surface area (Å²) in [5.41, 5.74) is 9.06. The number of hydrogen-bond donors (Lipinski definition) is 1. The van der Waals surface area contributed by atoms with E-state index in [0.717, 1.165) is 29.9 Å². The molecule has 0 bridgehead atoms. The average molecular weight is 419 g/mol. The van der Waals surface area contributed by atoms with Crippen molar-refractivity contribution in [3.63, 3.8) is 0 Å². The Morgan fingerprint density at radius 1 is 0.857 bits per heavy atom. The van der Waals surface area contributed by atoms with Gasteiger partial charge in [0.05, 0.1) is 15.7 Å². The molecule has 1 N–H and O–H groups in total. The summed E-state index contributed by atoms with van der Waals surface area (Å²) in [6, 6.07) is 0. The second-order valence-corrected chi connectivity index (χ2v) is 9.02. The zero-order valence-electron chi connectivity index (χ0n) is 18.3. The molecule has 28 heavy (non-hydrogen) atoms. The van der Waals surface area contributed by atoms with E-state index < -0.39 is 0 Å². The second kappa shape index (κ2) is 12.5. The third-order valence-electron chi connectivity index (χ3n) is 5.49. The van der Waals surface area contributed by atoms with Crippen molar-refractivity contribution < 1.29 is 0 Å². The molecule has 4 heteroatoms. The van der Waals surface area contributed by atoms with Gasteiger partial charge < -0.3 is 5.32 Å². The zero-order valence-corrected chi connectivity index (χ0v) is 20.0. The lowest BCUT2D eigenvalue weighted by Gasteiger charge is -2.21. The van der Waals surface area contributed by atoms with E-state index in [4.69, 9.17) is 17.2 Å². The van der Waals surface area contributed by atoms with Gasteiger partial charge in [0, 0.05) is 12.1 Å². The molecule has 0 aliphatic carbocycles. The Balaban J connectivity index is 2.62. The fourth-order valence-electron chi connectivity index (χ4n) is 3.87. The average Bonchev–Trinajstić information content (AvgIpc) is 3.18. The quantitative estimate of drug-likeness (QED) is 0.271. The van der Waals surface area contributed by atoms with Crippen LogP contribution in [0.5, 0.6) is 0 Å². The molecule has 0 unspecified atom stereocenters. The minimum absolute atomic E-state index is 0.912. The maximum absolute atomic E-state index is 5.92. The molecule has 0 atom stereocenters. The SMILES string of the molecule is CCCCNC(=S)c1c(CCCC)c(CCCC)c(CCCC)c2scnc12. The number of thiazole rings is 1. The number of nitrogens with zero attached hydrogens (tertiary/aromatic N) is 1. The van der Waals surface area contributed by atoms with E-state index in [2.05, 4.69) is 33.0 Å². The fourth-order valence-corrected chi connectivity index (χ4v) is 5.09. The number of fused-ring (bicyclic) bond motifs is 1. The third-order valence-corrected chi connectivity index (χ3v) is 6.73. The fraction of sp³-hybridized carbons (Fsp3) is 0.667. The molecule has 1 aromatic heterocycles. The first-order valence-corrected chi connectivity index (χ1v) is 12.7.